The molecule has 11 N–H and O–H groups in total. The molecule has 0 saturated heterocycles. The van der Waals surface area contributed by atoms with Crippen LogP contribution in [0.25, 0.3) is 21.8 Å². The van der Waals surface area contributed by atoms with Gasteiger partial charge in [-0.15, -0.1) is 0 Å². The fraction of sp³-hybridized carbons (Fsp3) is 0.344. The standard InChI is InChI=1S/C32H40N8O6/c33-12-6-5-11-25(39-32(46)27(38-28(41)15-34)14-20-17-36-24-10-4-2-8-22(20)24)31(45)40-26(30(44)37-18-29(42)43)13-19-16-35-23-9-3-1-7-21(19)23/h1-4,7-10,16-17,25-27,35-36H,5-6,11-15,18,33-34H2,(H,37,44)(H,38,41)(H,39,46)(H,40,45)(H,42,43)/t25-,26-,27-/m0/s1. The molecule has 14 nitrogen and oxygen atoms in total. The smallest absolute Gasteiger partial charge is 0.322 e. The molecule has 46 heavy (non-hydrogen) atoms. The molecule has 0 bridgehead atoms. The second-order valence-corrected chi connectivity index (χ2v) is 11.0. The summed E-state index contributed by atoms with van der Waals surface area (Å²) in [4.78, 5) is 70.3. The first-order chi connectivity index (χ1) is 22.2. The van der Waals surface area contributed by atoms with Crippen molar-refractivity contribution in [2.75, 3.05) is 19.6 Å². The molecular formula is C32H40N8O6. The van der Waals surface area contributed by atoms with Gasteiger partial charge in [0.15, 0.2) is 0 Å². The maximum Gasteiger partial charge on any atom is 0.322 e. The first-order valence-corrected chi connectivity index (χ1v) is 15.1. The van der Waals surface area contributed by atoms with E-state index in [1.807, 2.05) is 48.5 Å². The number of hydrogen-bond acceptors (Lipinski definition) is 7. The average molecular weight is 633 g/mol. The highest BCUT2D eigenvalue weighted by atomic mass is 16.4. The number of unbranched alkanes of at least 4 members (excludes halogenated alkanes) is 1. The predicted octanol–water partition coefficient (Wildman–Crippen LogP) is 0.177. The van der Waals surface area contributed by atoms with Crippen molar-refractivity contribution in [3.63, 3.8) is 0 Å². The van der Waals surface area contributed by atoms with Crippen LogP contribution in [0.1, 0.15) is 30.4 Å². The number of H-pyrrole nitrogens is 2. The van der Waals surface area contributed by atoms with Crippen LogP contribution >= 0.6 is 0 Å². The second-order valence-electron chi connectivity index (χ2n) is 11.0. The fourth-order valence-corrected chi connectivity index (χ4v) is 5.30. The van der Waals surface area contributed by atoms with Gasteiger partial charge < -0.3 is 47.8 Å². The van der Waals surface area contributed by atoms with Crippen molar-refractivity contribution in [2.24, 2.45) is 11.5 Å². The molecule has 0 fully saturated rings. The number of carbonyl (C=O) groups is 5. The Kier molecular flexibility index (Phi) is 11.9. The molecule has 0 aliphatic rings. The topological polar surface area (TPSA) is 237 Å². The third-order valence-electron chi connectivity index (χ3n) is 7.66. The molecule has 2 aromatic heterocycles. The van der Waals surface area contributed by atoms with Crippen LogP contribution in [0.5, 0.6) is 0 Å². The predicted molar refractivity (Wildman–Crippen MR) is 172 cm³/mol. The van der Waals surface area contributed by atoms with Crippen LogP contribution in [-0.4, -0.2) is 82.4 Å². The SMILES string of the molecule is NCCCC[C@H](NC(=O)[C@H](Cc1c[nH]c2ccccc12)NC(=O)CN)C(=O)N[C@@H](Cc1c[nH]c2ccccc12)C(=O)NCC(=O)O. The largest absolute Gasteiger partial charge is 0.480 e. The van der Waals surface area contributed by atoms with E-state index >= 15 is 0 Å². The van der Waals surface area contributed by atoms with Crippen molar-refractivity contribution in [3.8, 4) is 0 Å². The molecule has 0 saturated carbocycles. The number of fused-ring (bicyclic) bond motifs is 2. The lowest BCUT2D eigenvalue weighted by molar-refractivity contribution is -0.138. The zero-order chi connectivity index (χ0) is 33.1. The van der Waals surface area contributed by atoms with E-state index < -0.39 is 54.3 Å². The maximum absolute atomic E-state index is 13.7. The molecule has 14 heteroatoms. The summed E-state index contributed by atoms with van der Waals surface area (Å²) in [6.45, 7) is -0.593. The molecule has 0 spiro atoms. The van der Waals surface area contributed by atoms with Gasteiger partial charge in [-0.1, -0.05) is 36.4 Å². The number of nitrogens with one attached hydrogen (secondary N) is 6. The van der Waals surface area contributed by atoms with Crippen LogP contribution in [0, 0.1) is 0 Å². The Labute approximate surface area is 265 Å². The van der Waals surface area contributed by atoms with Crippen LogP contribution < -0.4 is 32.7 Å². The first-order valence-electron chi connectivity index (χ1n) is 15.1. The lowest BCUT2D eigenvalue weighted by atomic mass is 10.0. The van der Waals surface area contributed by atoms with Crippen LogP contribution in [0.2, 0.25) is 0 Å². The number of nitrogens with two attached hydrogens (primary N) is 2. The van der Waals surface area contributed by atoms with Gasteiger partial charge in [-0.05, 0) is 49.1 Å². The van der Waals surface area contributed by atoms with Gasteiger partial charge in [0.1, 0.15) is 24.7 Å². The van der Waals surface area contributed by atoms with Crippen molar-refractivity contribution < 1.29 is 29.1 Å². The molecule has 2 aromatic carbocycles. The van der Waals surface area contributed by atoms with Gasteiger partial charge >= 0.3 is 5.97 Å². The Morgan fingerprint density at radius 2 is 1.22 bits per heavy atom. The Morgan fingerprint density at radius 1 is 0.696 bits per heavy atom. The summed E-state index contributed by atoms with van der Waals surface area (Å²) in [6, 6.07) is 11.7. The van der Waals surface area contributed by atoms with Crippen molar-refractivity contribution in [1.29, 1.82) is 0 Å². The van der Waals surface area contributed by atoms with E-state index in [-0.39, 0.29) is 25.8 Å². The van der Waals surface area contributed by atoms with Gasteiger partial charge in [-0.3, -0.25) is 24.0 Å². The summed E-state index contributed by atoms with van der Waals surface area (Å²) >= 11 is 0. The molecule has 0 aliphatic carbocycles. The van der Waals surface area contributed by atoms with E-state index in [1.165, 1.54) is 0 Å². The number of carbonyl (C=O) groups excluding carboxylic acids is 4. The van der Waals surface area contributed by atoms with Gasteiger partial charge in [0.05, 0.1) is 6.54 Å². The van der Waals surface area contributed by atoms with Gasteiger partial charge in [-0.2, -0.15) is 0 Å². The zero-order valence-corrected chi connectivity index (χ0v) is 25.3. The summed E-state index contributed by atoms with van der Waals surface area (Å²) < 4.78 is 0. The van der Waals surface area contributed by atoms with Crippen molar-refractivity contribution in [1.82, 2.24) is 31.2 Å². The number of hydrogen-bond donors (Lipinski definition) is 9. The van der Waals surface area contributed by atoms with Crippen molar-refractivity contribution in [2.45, 2.75) is 50.2 Å². The number of aromatic nitrogens is 2. The number of para-hydroxylation sites is 2. The highest BCUT2D eigenvalue weighted by Gasteiger charge is 2.30. The number of amides is 4. The average Bonchev–Trinajstić information content (AvgIpc) is 3.66. The third kappa shape index (κ3) is 8.92. The number of aliphatic carboxylic acids is 1. The summed E-state index contributed by atoms with van der Waals surface area (Å²) in [5.74, 6) is -3.73. The van der Waals surface area contributed by atoms with E-state index in [1.54, 1.807) is 12.4 Å². The van der Waals surface area contributed by atoms with Gasteiger partial charge in [0, 0.05) is 47.0 Å². The number of aromatic amines is 2. The Balaban J connectivity index is 1.55. The van der Waals surface area contributed by atoms with Crippen LogP contribution in [0.4, 0.5) is 0 Å². The molecule has 3 atom stereocenters. The van der Waals surface area contributed by atoms with Crippen molar-refractivity contribution >= 4 is 51.4 Å². The Morgan fingerprint density at radius 3 is 1.76 bits per heavy atom. The minimum absolute atomic E-state index is 0.0560. The minimum Gasteiger partial charge on any atom is -0.480 e. The normalized spacial score (nSPS) is 13.1. The number of carboxylic acid groups (broad SMARTS) is 1. The molecule has 244 valence electrons. The molecule has 4 amide bonds. The van der Waals surface area contributed by atoms with Crippen LogP contribution in [-0.2, 0) is 36.8 Å². The van der Waals surface area contributed by atoms with Crippen molar-refractivity contribution in [3.05, 3.63) is 72.1 Å². The summed E-state index contributed by atoms with van der Waals surface area (Å²) in [7, 11) is 0. The Bertz CT molecular complexity index is 1680. The molecule has 0 aliphatic heterocycles. The highest BCUT2D eigenvalue weighted by molar-refractivity contribution is 5.96. The quantitative estimate of drug-likeness (QED) is 0.0726. The fourth-order valence-electron chi connectivity index (χ4n) is 5.30. The lowest BCUT2D eigenvalue weighted by Crippen LogP contribution is -2.58. The molecule has 0 radical (unpaired) electrons. The zero-order valence-electron chi connectivity index (χ0n) is 25.3. The number of benzene rings is 2. The van der Waals surface area contributed by atoms with Crippen LogP contribution in [0.3, 0.4) is 0 Å². The number of carboxylic acids is 1. The summed E-state index contributed by atoms with van der Waals surface area (Å²) in [5.41, 5.74) is 14.4. The van der Waals surface area contributed by atoms with E-state index in [0.29, 0.717) is 19.4 Å². The van der Waals surface area contributed by atoms with E-state index in [0.717, 1.165) is 32.9 Å². The van der Waals surface area contributed by atoms with E-state index in [2.05, 4.69) is 31.2 Å². The van der Waals surface area contributed by atoms with E-state index in [4.69, 9.17) is 16.6 Å². The summed E-state index contributed by atoms with van der Waals surface area (Å²) in [6.07, 6.45) is 4.95. The number of rotatable bonds is 17. The molecule has 2 heterocycles. The molecule has 4 aromatic rings. The molecule has 0 unspecified atom stereocenters. The highest BCUT2D eigenvalue weighted by Crippen LogP contribution is 2.21. The Hall–Kier alpha value is -5.21. The van der Waals surface area contributed by atoms with Gasteiger partial charge in [-0.25, -0.2) is 0 Å². The monoisotopic (exact) mass is 632 g/mol. The second kappa shape index (κ2) is 16.2. The van der Waals surface area contributed by atoms with E-state index in [9.17, 15) is 24.0 Å². The lowest BCUT2D eigenvalue weighted by Gasteiger charge is -2.25. The maximum atomic E-state index is 13.7. The third-order valence-corrected chi connectivity index (χ3v) is 7.66. The molecule has 4 rings (SSSR count). The van der Waals surface area contributed by atoms with Gasteiger partial charge in [0.25, 0.3) is 0 Å². The minimum atomic E-state index is -1.24. The summed E-state index contributed by atoms with van der Waals surface area (Å²) in [5, 5.41) is 21.3. The molecular weight excluding hydrogens is 592 g/mol. The van der Waals surface area contributed by atoms with Gasteiger partial charge in [0.2, 0.25) is 23.6 Å². The van der Waals surface area contributed by atoms with Crippen LogP contribution in [0.15, 0.2) is 60.9 Å². The first kappa shape index (κ1) is 33.7.